The third-order valence-corrected chi connectivity index (χ3v) is 0. The van der Waals surface area contributed by atoms with Crippen LogP contribution in [0.2, 0.25) is 0 Å². The Bertz CT molecular complexity index is 13.5. The summed E-state index contributed by atoms with van der Waals surface area (Å²) in [5.41, 5.74) is 0. The van der Waals surface area contributed by atoms with E-state index in [1.807, 2.05) is 0 Å². The van der Waals surface area contributed by atoms with Gasteiger partial charge in [0.2, 0.25) is 0 Å². The van der Waals surface area contributed by atoms with Crippen molar-refractivity contribution in [3.63, 3.8) is 0 Å². The van der Waals surface area contributed by atoms with Crippen molar-refractivity contribution in [3.8, 4) is 0 Å². The first kappa shape index (κ1) is 9.74. The van der Waals surface area contributed by atoms with E-state index in [-0.39, 0.29) is 0 Å². The van der Waals surface area contributed by atoms with Gasteiger partial charge in [-0.1, -0.05) is 29.5 Å². The van der Waals surface area contributed by atoms with Crippen LogP contribution in [0.15, 0.2) is 0 Å². The average molecular weight is 129 g/mol. The van der Waals surface area contributed by atoms with Crippen molar-refractivity contribution in [2.24, 2.45) is 11.7 Å². The van der Waals surface area contributed by atoms with Gasteiger partial charge in [-0.25, -0.2) is 0 Å². The van der Waals surface area contributed by atoms with Gasteiger partial charge in [0.25, 0.3) is 0 Å². The Kier molecular flexibility index (Phi) is 14.8. The van der Waals surface area contributed by atoms with E-state index >= 15 is 0 Å². The van der Waals surface area contributed by atoms with E-state index < -0.39 is 0 Å². The standard InChI is InChI=1S/H4N2.H3NOS2/c1-2;2-1(3)4/h1-2H2;2-4H. The van der Waals surface area contributed by atoms with Crippen LogP contribution in [-0.2, 0) is 0 Å². The summed E-state index contributed by atoms with van der Waals surface area (Å²) >= 11 is 6.44. The molecule has 0 aliphatic carbocycles. The lowest BCUT2D eigenvalue weighted by molar-refractivity contribution is 0.130. The number of rotatable bonds is 0. The summed E-state index contributed by atoms with van der Waals surface area (Å²) < 4.78 is 0.389. The molecule has 0 saturated heterocycles. The van der Waals surface area contributed by atoms with E-state index in [0.717, 1.165) is 0 Å². The van der Waals surface area contributed by atoms with Gasteiger partial charge in [0.05, 0.1) is 0 Å². The van der Waals surface area contributed by atoms with E-state index in [4.69, 9.17) is 5.21 Å². The van der Waals surface area contributed by atoms with Gasteiger partial charge in [0.1, 0.15) is 0 Å². The monoisotopic (exact) mass is 129 g/mol. The van der Waals surface area contributed by atoms with Gasteiger partial charge in [0.15, 0.2) is 0 Å². The Balaban J connectivity index is 0. The van der Waals surface area contributed by atoms with E-state index in [9.17, 15) is 0 Å². The zero-order chi connectivity index (χ0) is 5.58. The number of nitrogens with zero attached hydrogens (tertiary/aromatic N) is 1. The third-order valence-electron chi connectivity index (χ3n) is 0. The molecule has 5 N–H and O–H groups in total. The van der Waals surface area contributed by atoms with Crippen LogP contribution in [0.4, 0.5) is 0 Å². The van der Waals surface area contributed by atoms with Crippen LogP contribution in [0, 0.1) is 0 Å². The lowest BCUT2D eigenvalue weighted by Gasteiger charge is -1.84. The number of hydrogen-bond donors (Lipinski definition) is 5. The summed E-state index contributed by atoms with van der Waals surface area (Å²) in [5, 5.41) is 7.62. The molecule has 0 radical (unpaired) electrons. The molecule has 6 heteroatoms. The van der Waals surface area contributed by atoms with Crippen molar-refractivity contribution in [1.29, 1.82) is 0 Å². The predicted molar refractivity (Wildman–Crippen MR) is 30.0 cm³/mol. The Morgan fingerprint density at radius 3 is 1.33 bits per heavy atom. The van der Waals surface area contributed by atoms with E-state index in [0.29, 0.717) is 3.87 Å². The van der Waals surface area contributed by atoms with Crippen LogP contribution in [0.25, 0.3) is 0 Å². The lowest BCUT2D eigenvalue weighted by Crippen LogP contribution is -2.02. The van der Waals surface area contributed by atoms with Crippen molar-refractivity contribution in [2.45, 2.75) is 0 Å². The molecule has 0 aromatic carbocycles. The maximum Gasteiger partial charge on any atom is -0.0560 e. The largest absolute Gasteiger partial charge is 0.293 e. The first-order chi connectivity index (χ1) is 2.73. The highest BCUT2D eigenvalue weighted by molar-refractivity contribution is 7.93. The molecule has 0 spiro atoms. The molecule has 6 heavy (non-hydrogen) atoms. The molecule has 0 aliphatic rings. The summed E-state index contributed by atoms with van der Waals surface area (Å²) in [6.45, 7) is 0. The van der Waals surface area contributed by atoms with Crippen LogP contribution in [-0.4, -0.2) is 9.08 Å². The van der Waals surface area contributed by atoms with Crippen LogP contribution in [0.5, 0.6) is 0 Å². The minimum Gasteiger partial charge on any atom is -0.293 e. The SMILES string of the molecule is NN.ON(S)S. The second-order valence-corrected chi connectivity index (χ2v) is 1.34. The summed E-state index contributed by atoms with van der Waals surface area (Å²) in [5.74, 6) is 8.00. The first-order valence-electron chi connectivity index (χ1n) is 0.933. The lowest BCUT2D eigenvalue weighted by atomic mass is 13.0. The van der Waals surface area contributed by atoms with Crippen LogP contribution in [0.3, 0.4) is 0 Å². The molecule has 0 rings (SSSR count). The molecule has 0 fully saturated rings. The molecule has 40 valence electrons. The predicted octanol–water partition coefficient (Wildman–Crippen LogP) is -0.814. The van der Waals surface area contributed by atoms with Crippen molar-refractivity contribution in [3.05, 3.63) is 0 Å². The summed E-state index contributed by atoms with van der Waals surface area (Å²) in [4.78, 5) is 0. The molecule has 0 heterocycles. The van der Waals surface area contributed by atoms with Crippen LogP contribution >= 0.6 is 25.6 Å². The Labute approximate surface area is 47.1 Å². The number of nitrogens with two attached hydrogens (primary N) is 2. The van der Waals surface area contributed by atoms with E-state index in [1.54, 1.807) is 0 Å². The van der Waals surface area contributed by atoms with E-state index in [1.165, 1.54) is 0 Å². The molecule has 0 bridgehead atoms. The molecule has 0 amide bonds. The molecule has 0 unspecified atom stereocenters. The Morgan fingerprint density at radius 2 is 1.33 bits per heavy atom. The number of thiol groups is 2. The zero-order valence-corrected chi connectivity index (χ0v) is 4.73. The fraction of sp³-hybridized carbons (Fsp3) is 0. The minimum atomic E-state index is 0.389. The van der Waals surface area contributed by atoms with Crippen molar-refractivity contribution in [1.82, 2.24) is 3.87 Å². The Hall–Kier alpha value is 0.540. The summed E-state index contributed by atoms with van der Waals surface area (Å²) in [6, 6.07) is 0. The van der Waals surface area contributed by atoms with Gasteiger partial charge < -0.3 is 0 Å². The highest BCUT2D eigenvalue weighted by Crippen LogP contribution is 1.84. The van der Waals surface area contributed by atoms with Crippen molar-refractivity contribution in [2.75, 3.05) is 0 Å². The summed E-state index contributed by atoms with van der Waals surface area (Å²) in [7, 11) is 0. The molecule has 4 nitrogen and oxygen atoms in total. The minimum absolute atomic E-state index is 0.389. The first-order valence-corrected chi connectivity index (χ1v) is 1.73. The second kappa shape index (κ2) is 9.11. The quantitative estimate of drug-likeness (QED) is 0.168. The molecular weight excluding hydrogens is 122 g/mol. The third kappa shape index (κ3) is 195. The van der Waals surface area contributed by atoms with Crippen molar-refractivity contribution < 1.29 is 5.21 Å². The highest BCUT2D eigenvalue weighted by atomic mass is 32.2. The van der Waals surface area contributed by atoms with Gasteiger partial charge in [-0.05, 0) is 0 Å². The van der Waals surface area contributed by atoms with Crippen LogP contribution in [0.1, 0.15) is 0 Å². The zero-order valence-electron chi connectivity index (χ0n) is 2.94. The van der Waals surface area contributed by atoms with Crippen molar-refractivity contribution >= 4 is 25.6 Å². The number of hydrazine groups is 1. The summed E-state index contributed by atoms with van der Waals surface area (Å²) in [6.07, 6.45) is 0. The molecule has 0 atom stereocenters. The van der Waals surface area contributed by atoms with Gasteiger partial charge in [0, 0.05) is 0 Å². The number of hydrogen-bond acceptors (Lipinski definition) is 6. The molecule has 0 aromatic rings. The van der Waals surface area contributed by atoms with Gasteiger partial charge >= 0.3 is 0 Å². The molecule has 0 aromatic heterocycles. The van der Waals surface area contributed by atoms with Gasteiger partial charge in [-0.3, -0.25) is 16.9 Å². The topological polar surface area (TPSA) is 75.5 Å². The van der Waals surface area contributed by atoms with Crippen LogP contribution < -0.4 is 11.7 Å². The molecule has 0 aliphatic heterocycles. The van der Waals surface area contributed by atoms with Gasteiger partial charge in [-0.2, -0.15) is 0 Å². The fourth-order valence-corrected chi connectivity index (χ4v) is 0. The second-order valence-electron chi connectivity index (χ2n) is 0.268. The fourth-order valence-electron chi connectivity index (χ4n) is 0. The molecular formula is H7N3OS2. The molecule has 0 saturated carbocycles. The average Bonchev–Trinajstić information content (AvgIpc) is 1.41. The highest BCUT2D eigenvalue weighted by Gasteiger charge is 1.63. The normalized spacial score (nSPS) is 7.00. The van der Waals surface area contributed by atoms with Gasteiger partial charge in [-0.15, -0.1) is 0 Å². The van der Waals surface area contributed by atoms with E-state index in [2.05, 4.69) is 37.3 Å². The maximum absolute atomic E-state index is 7.62. The smallest absolute Gasteiger partial charge is 0.0560 e. The Morgan fingerprint density at radius 1 is 1.33 bits per heavy atom. The maximum atomic E-state index is 7.62.